The van der Waals surface area contributed by atoms with E-state index in [1.165, 1.54) is 86.7 Å². The largest absolute Gasteiger partial charge is 0.309 e. The molecule has 352 valence electrons. The van der Waals surface area contributed by atoms with Crippen LogP contribution in [-0.4, -0.2) is 17.2 Å². The van der Waals surface area contributed by atoms with Crippen LogP contribution in [0.1, 0.15) is 0 Å². The number of nitrogens with zero attached hydrogens (tertiary/aromatic N) is 2. The lowest BCUT2D eigenvalue weighted by Crippen LogP contribution is -2.74. The SMILES string of the molecule is c1ccc(-c2ccc([Si](c3ccccc3)(c3ccccc3)c3cc(-c4ccccc4)c(-n4c5ccc(-c6ccccc6)cc5c5cc(-n6c7ccccc7c7ccccc76)ccc54)c(-c4ccccc4)c3)cc2)cc1. The van der Waals surface area contributed by atoms with Gasteiger partial charge in [-0.3, -0.25) is 0 Å². The zero-order valence-electron chi connectivity index (χ0n) is 41.3. The first-order chi connectivity index (χ1) is 37.2. The summed E-state index contributed by atoms with van der Waals surface area (Å²) < 4.78 is 5.02. The topological polar surface area (TPSA) is 9.86 Å². The highest BCUT2D eigenvalue weighted by atomic mass is 28.3. The Bertz CT molecular complexity index is 4200. The molecule has 0 bridgehead atoms. The van der Waals surface area contributed by atoms with E-state index >= 15 is 0 Å². The van der Waals surface area contributed by atoms with Crippen molar-refractivity contribution in [1.82, 2.24) is 9.13 Å². The maximum Gasteiger partial charge on any atom is 0.179 e. The van der Waals surface area contributed by atoms with Gasteiger partial charge in [-0.25, -0.2) is 0 Å². The molecule has 2 nitrogen and oxygen atoms in total. The third-order valence-corrected chi connectivity index (χ3v) is 20.2. The molecule has 0 aliphatic heterocycles. The quantitative estimate of drug-likeness (QED) is 0.0955. The number of rotatable bonds is 10. The van der Waals surface area contributed by atoms with Crippen LogP contribution in [0.2, 0.25) is 0 Å². The molecule has 0 amide bonds. The van der Waals surface area contributed by atoms with Crippen molar-refractivity contribution in [3.05, 3.63) is 303 Å². The lowest BCUT2D eigenvalue weighted by Gasteiger charge is -2.36. The number of hydrogen-bond acceptors (Lipinski definition) is 0. The van der Waals surface area contributed by atoms with Crippen molar-refractivity contribution in [3.8, 4) is 55.9 Å². The van der Waals surface area contributed by atoms with Crippen molar-refractivity contribution in [2.24, 2.45) is 0 Å². The molecule has 0 saturated carbocycles. The molecule has 75 heavy (non-hydrogen) atoms. The van der Waals surface area contributed by atoms with E-state index in [-0.39, 0.29) is 0 Å². The standard InChI is InChI=1S/C72H50N2Si/c1-7-23-51(24-8-1)53-39-43-60(44-40-53)75(58-31-15-5-16-32-58,59-33-17-6-18-34-59)61-49-64(54-27-11-3-12-28-54)72(65(50-61)55-29-13-4-14-30-55)74-70-45-41-56(52-25-9-2-10-26-52)47-66(70)67-48-57(42-46-71(67)74)73-68-37-21-19-35-62(68)63-36-20-22-38-69(63)73/h1-50H. The lowest BCUT2D eigenvalue weighted by atomic mass is 9.95. The van der Waals surface area contributed by atoms with Gasteiger partial charge in [0.1, 0.15) is 0 Å². The Labute approximate surface area is 438 Å². The van der Waals surface area contributed by atoms with Crippen LogP contribution in [-0.2, 0) is 0 Å². The van der Waals surface area contributed by atoms with E-state index in [1.54, 1.807) is 0 Å². The molecule has 0 N–H and O–H groups in total. The van der Waals surface area contributed by atoms with E-state index in [0.29, 0.717) is 0 Å². The molecule has 0 radical (unpaired) electrons. The molecular formula is C72H50N2Si. The Kier molecular flexibility index (Phi) is 10.9. The van der Waals surface area contributed by atoms with Gasteiger partial charge < -0.3 is 9.13 Å². The third kappa shape index (κ3) is 7.39. The normalized spacial score (nSPS) is 11.7. The molecule has 0 saturated heterocycles. The van der Waals surface area contributed by atoms with Gasteiger partial charge in [-0.05, 0) is 96.6 Å². The molecule has 0 unspecified atom stereocenters. The smallest absolute Gasteiger partial charge is 0.179 e. The average molecular weight is 971 g/mol. The monoisotopic (exact) mass is 970 g/mol. The Hall–Kier alpha value is -9.54. The summed E-state index contributed by atoms with van der Waals surface area (Å²) in [5.41, 5.74) is 16.4. The minimum atomic E-state index is -3.11. The zero-order valence-corrected chi connectivity index (χ0v) is 42.3. The fraction of sp³-hybridized carbons (Fsp3) is 0. The van der Waals surface area contributed by atoms with Crippen LogP contribution in [0, 0.1) is 0 Å². The predicted molar refractivity (Wildman–Crippen MR) is 320 cm³/mol. The van der Waals surface area contributed by atoms with E-state index in [2.05, 4.69) is 312 Å². The fourth-order valence-corrected chi connectivity index (χ4v) is 16.9. The molecule has 12 aromatic carbocycles. The van der Waals surface area contributed by atoms with Gasteiger partial charge in [0.25, 0.3) is 0 Å². The Morgan fingerprint density at radius 3 is 1.08 bits per heavy atom. The number of para-hydroxylation sites is 2. The summed E-state index contributed by atoms with van der Waals surface area (Å²) in [5.74, 6) is 0. The highest BCUT2D eigenvalue weighted by Gasteiger charge is 2.42. The van der Waals surface area contributed by atoms with Gasteiger partial charge in [-0.15, -0.1) is 0 Å². The van der Waals surface area contributed by atoms with Gasteiger partial charge in [0.2, 0.25) is 0 Å². The van der Waals surface area contributed by atoms with Crippen LogP contribution in [0.5, 0.6) is 0 Å². The van der Waals surface area contributed by atoms with Gasteiger partial charge >= 0.3 is 0 Å². The summed E-state index contributed by atoms with van der Waals surface area (Å²) >= 11 is 0. The Balaban J connectivity index is 1.11. The molecule has 0 spiro atoms. The van der Waals surface area contributed by atoms with Gasteiger partial charge in [0.15, 0.2) is 8.07 Å². The molecule has 0 fully saturated rings. The van der Waals surface area contributed by atoms with Crippen LogP contribution in [0.15, 0.2) is 303 Å². The highest BCUT2D eigenvalue weighted by Crippen LogP contribution is 2.44. The number of aromatic nitrogens is 2. The maximum absolute atomic E-state index is 3.11. The van der Waals surface area contributed by atoms with Gasteiger partial charge in [0.05, 0.1) is 27.8 Å². The van der Waals surface area contributed by atoms with Crippen molar-refractivity contribution in [3.63, 3.8) is 0 Å². The second-order valence-corrected chi connectivity index (χ2v) is 23.4. The number of benzene rings is 12. The van der Waals surface area contributed by atoms with E-state index in [4.69, 9.17) is 0 Å². The van der Waals surface area contributed by atoms with Crippen molar-refractivity contribution in [2.45, 2.75) is 0 Å². The van der Waals surface area contributed by atoms with E-state index < -0.39 is 8.07 Å². The molecule has 0 aliphatic rings. The van der Waals surface area contributed by atoms with Crippen LogP contribution >= 0.6 is 0 Å². The lowest BCUT2D eigenvalue weighted by molar-refractivity contribution is 1.17. The van der Waals surface area contributed by atoms with E-state index in [9.17, 15) is 0 Å². The summed E-state index contributed by atoms with van der Waals surface area (Å²) in [5, 5.41) is 10.2. The van der Waals surface area contributed by atoms with Crippen LogP contribution in [0.4, 0.5) is 0 Å². The first-order valence-corrected chi connectivity index (χ1v) is 27.9. The first kappa shape index (κ1) is 44.2. The second-order valence-electron chi connectivity index (χ2n) is 19.6. The van der Waals surface area contributed by atoms with Crippen LogP contribution in [0.25, 0.3) is 99.5 Å². The maximum atomic E-state index is 2.58. The summed E-state index contributed by atoms with van der Waals surface area (Å²) in [6, 6.07) is 113. The van der Waals surface area contributed by atoms with Gasteiger partial charge in [-0.1, -0.05) is 261 Å². The van der Waals surface area contributed by atoms with Gasteiger partial charge in [0, 0.05) is 38.4 Å². The van der Waals surface area contributed by atoms with Crippen LogP contribution < -0.4 is 20.7 Å². The predicted octanol–water partition coefficient (Wildman–Crippen LogP) is 15.9. The number of hydrogen-bond donors (Lipinski definition) is 0. The van der Waals surface area contributed by atoms with Crippen molar-refractivity contribution in [1.29, 1.82) is 0 Å². The Morgan fingerprint density at radius 1 is 0.213 bits per heavy atom. The zero-order chi connectivity index (χ0) is 49.7. The molecule has 2 aromatic heterocycles. The van der Waals surface area contributed by atoms with Gasteiger partial charge in [-0.2, -0.15) is 0 Å². The minimum absolute atomic E-state index is 1.13. The molecular weight excluding hydrogens is 921 g/mol. The molecule has 2 heterocycles. The fourth-order valence-electron chi connectivity index (χ4n) is 12.1. The van der Waals surface area contributed by atoms with Crippen LogP contribution in [0.3, 0.4) is 0 Å². The third-order valence-electron chi connectivity index (χ3n) is 15.5. The molecule has 0 aliphatic carbocycles. The molecule has 14 rings (SSSR count). The second kappa shape index (κ2) is 18.5. The van der Waals surface area contributed by atoms with E-state index in [0.717, 1.165) is 33.5 Å². The summed E-state index contributed by atoms with van der Waals surface area (Å²) in [6.45, 7) is 0. The van der Waals surface area contributed by atoms with Crippen molar-refractivity contribution >= 4 is 72.4 Å². The summed E-state index contributed by atoms with van der Waals surface area (Å²) in [4.78, 5) is 0. The molecule has 0 atom stereocenters. The minimum Gasteiger partial charge on any atom is -0.309 e. The average Bonchev–Trinajstić information content (AvgIpc) is 4.01. The Morgan fingerprint density at radius 2 is 0.573 bits per heavy atom. The molecule has 3 heteroatoms. The number of fused-ring (bicyclic) bond motifs is 6. The summed E-state index contributed by atoms with van der Waals surface area (Å²) in [7, 11) is -3.11. The van der Waals surface area contributed by atoms with Crippen molar-refractivity contribution < 1.29 is 0 Å². The highest BCUT2D eigenvalue weighted by molar-refractivity contribution is 7.20. The summed E-state index contributed by atoms with van der Waals surface area (Å²) in [6.07, 6.45) is 0. The van der Waals surface area contributed by atoms with E-state index in [1.807, 2.05) is 0 Å². The van der Waals surface area contributed by atoms with Crippen molar-refractivity contribution in [2.75, 3.05) is 0 Å². The first-order valence-electron chi connectivity index (χ1n) is 25.9. The molecule has 14 aromatic rings.